The lowest BCUT2D eigenvalue weighted by molar-refractivity contribution is -0.118. The fraction of sp³-hybridized carbons (Fsp3) is 0.235. The first-order valence-corrected chi connectivity index (χ1v) is 8.03. The number of aromatic nitrogens is 1. The van der Waals surface area contributed by atoms with E-state index in [0.717, 1.165) is 11.3 Å². The first-order valence-electron chi connectivity index (χ1n) is 7.15. The van der Waals surface area contributed by atoms with Gasteiger partial charge in [-0.1, -0.05) is 47.7 Å². The molecule has 1 aliphatic rings. The number of aliphatic imine (C=N–C) groups is 1. The summed E-state index contributed by atoms with van der Waals surface area (Å²) in [6, 6.07) is 13.9. The second kappa shape index (κ2) is 6.32. The van der Waals surface area contributed by atoms with Crippen molar-refractivity contribution in [1.82, 2.24) is 10.3 Å². The molecule has 5 heteroatoms. The fourth-order valence-electron chi connectivity index (χ4n) is 2.23. The monoisotopic (exact) mass is 311 g/mol. The lowest BCUT2D eigenvalue weighted by atomic mass is 10.1. The Morgan fingerprint density at radius 2 is 1.95 bits per heavy atom. The molecule has 1 N–H and O–H groups in total. The number of amides is 1. The molecular formula is C17H17N3OS. The second-order valence-electron chi connectivity index (χ2n) is 5.34. The number of nitrogens with zero attached hydrogens (tertiary/aromatic N) is 2. The van der Waals surface area contributed by atoms with Crippen LogP contribution in [0, 0.1) is 13.8 Å². The zero-order chi connectivity index (χ0) is 15.5. The number of pyridine rings is 1. The number of nitrogens with one attached hydrogen (secondary N) is 1. The topological polar surface area (TPSA) is 54.4 Å². The van der Waals surface area contributed by atoms with Crippen molar-refractivity contribution in [2.45, 2.75) is 25.5 Å². The van der Waals surface area contributed by atoms with E-state index in [2.05, 4.69) is 46.5 Å². The van der Waals surface area contributed by atoms with Crippen molar-refractivity contribution in [3.63, 3.8) is 0 Å². The molecular weight excluding hydrogens is 294 g/mol. The summed E-state index contributed by atoms with van der Waals surface area (Å²) in [6.07, 6.45) is 0.705. The number of hydrogen-bond acceptors (Lipinski definition) is 4. The third-order valence-corrected chi connectivity index (χ3v) is 4.49. The lowest BCUT2D eigenvalue weighted by Crippen LogP contribution is -2.25. The van der Waals surface area contributed by atoms with Gasteiger partial charge in [0.1, 0.15) is 0 Å². The van der Waals surface area contributed by atoms with Gasteiger partial charge in [-0.05, 0) is 38.0 Å². The molecule has 4 nitrogen and oxygen atoms in total. The highest BCUT2D eigenvalue weighted by Crippen LogP contribution is 2.25. The maximum atomic E-state index is 12.1. The predicted molar refractivity (Wildman–Crippen MR) is 90.5 cm³/mol. The molecule has 1 amide bonds. The van der Waals surface area contributed by atoms with Crippen LogP contribution in [0.4, 0.5) is 5.82 Å². The van der Waals surface area contributed by atoms with Gasteiger partial charge in [-0.3, -0.25) is 4.79 Å². The summed E-state index contributed by atoms with van der Waals surface area (Å²) in [5.41, 5.74) is 3.29. The van der Waals surface area contributed by atoms with Gasteiger partial charge < -0.3 is 5.32 Å². The van der Waals surface area contributed by atoms with Gasteiger partial charge in [0.25, 0.3) is 0 Å². The van der Waals surface area contributed by atoms with Crippen LogP contribution in [0.1, 0.15) is 16.8 Å². The van der Waals surface area contributed by atoms with Crippen molar-refractivity contribution in [2.75, 3.05) is 0 Å². The summed E-state index contributed by atoms with van der Waals surface area (Å²) in [4.78, 5) is 20.8. The summed E-state index contributed by atoms with van der Waals surface area (Å²) in [5.74, 6) is 0.635. The van der Waals surface area contributed by atoms with E-state index in [-0.39, 0.29) is 11.2 Å². The Balaban J connectivity index is 1.71. The van der Waals surface area contributed by atoms with Gasteiger partial charge in [-0.15, -0.1) is 0 Å². The Bertz CT molecular complexity index is 725. The molecule has 2 heterocycles. The van der Waals surface area contributed by atoms with Crippen LogP contribution in [0.15, 0.2) is 47.5 Å². The molecule has 1 aromatic heterocycles. The van der Waals surface area contributed by atoms with Crippen molar-refractivity contribution < 1.29 is 4.79 Å². The van der Waals surface area contributed by atoms with Gasteiger partial charge >= 0.3 is 0 Å². The maximum absolute atomic E-state index is 12.1. The molecule has 112 valence electrons. The van der Waals surface area contributed by atoms with E-state index < -0.39 is 0 Å². The van der Waals surface area contributed by atoms with Crippen LogP contribution in [0.2, 0.25) is 0 Å². The predicted octanol–water partition coefficient (Wildman–Crippen LogP) is 3.16. The summed E-state index contributed by atoms with van der Waals surface area (Å²) < 4.78 is 0. The molecule has 1 fully saturated rings. The standard InChI is InChI=1S/C17H17N3OS/c1-11-6-8-13(9-7-11)10-14-16(21)20-17(22-14)19-15-5-3-4-12(2)18-15/h3-9,14H,10H2,1-2H3,(H,18,19,20,21). The van der Waals surface area contributed by atoms with E-state index in [1.165, 1.54) is 17.3 Å². The van der Waals surface area contributed by atoms with Gasteiger partial charge in [-0.25, -0.2) is 9.98 Å². The number of thioether (sulfide) groups is 1. The molecule has 1 aliphatic heterocycles. The van der Waals surface area contributed by atoms with E-state index in [0.29, 0.717) is 17.4 Å². The second-order valence-corrected chi connectivity index (χ2v) is 6.53. The minimum Gasteiger partial charge on any atom is -0.304 e. The van der Waals surface area contributed by atoms with E-state index >= 15 is 0 Å². The third-order valence-electron chi connectivity index (χ3n) is 3.41. The minimum atomic E-state index is -0.133. The fourth-order valence-corrected chi connectivity index (χ4v) is 3.24. The van der Waals surface area contributed by atoms with E-state index in [1.54, 1.807) is 0 Å². The largest absolute Gasteiger partial charge is 0.304 e. The Morgan fingerprint density at radius 1 is 1.18 bits per heavy atom. The van der Waals surface area contributed by atoms with Gasteiger partial charge in [0.2, 0.25) is 5.91 Å². The van der Waals surface area contributed by atoms with E-state index in [4.69, 9.17) is 0 Å². The highest BCUT2D eigenvalue weighted by Gasteiger charge is 2.30. The molecule has 0 radical (unpaired) electrons. The summed E-state index contributed by atoms with van der Waals surface area (Å²) in [5, 5.41) is 3.33. The molecule has 0 aliphatic carbocycles. The number of carbonyl (C=O) groups excluding carboxylic acids is 1. The van der Waals surface area contributed by atoms with Crippen molar-refractivity contribution in [1.29, 1.82) is 0 Å². The van der Waals surface area contributed by atoms with Crippen LogP contribution in [0.5, 0.6) is 0 Å². The van der Waals surface area contributed by atoms with Crippen molar-refractivity contribution in [3.05, 3.63) is 59.3 Å². The molecule has 3 rings (SSSR count). The van der Waals surface area contributed by atoms with E-state index in [9.17, 15) is 4.79 Å². The number of carbonyl (C=O) groups is 1. The highest BCUT2D eigenvalue weighted by atomic mass is 32.2. The Morgan fingerprint density at radius 3 is 2.68 bits per heavy atom. The van der Waals surface area contributed by atoms with Crippen LogP contribution < -0.4 is 5.32 Å². The van der Waals surface area contributed by atoms with Crippen LogP contribution in [-0.2, 0) is 11.2 Å². The average Bonchev–Trinajstić information content (AvgIpc) is 2.81. The van der Waals surface area contributed by atoms with Crippen molar-refractivity contribution >= 4 is 28.7 Å². The third kappa shape index (κ3) is 3.54. The van der Waals surface area contributed by atoms with Crippen molar-refractivity contribution in [3.8, 4) is 0 Å². The number of benzene rings is 1. The number of amidine groups is 1. The molecule has 0 saturated carbocycles. The smallest absolute Gasteiger partial charge is 0.239 e. The number of rotatable bonds is 3. The molecule has 22 heavy (non-hydrogen) atoms. The summed E-state index contributed by atoms with van der Waals surface area (Å²) >= 11 is 1.47. The molecule has 1 atom stereocenters. The van der Waals surface area contributed by atoms with Gasteiger partial charge in [0.15, 0.2) is 11.0 Å². The average molecular weight is 311 g/mol. The molecule has 1 saturated heterocycles. The summed E-state index contributed by atoms with van der Waals surface area (Å²) in [7, 11) is 0. The van der Waals surface area contributed by atoms with Crippen LogP contribution in [0.25, 0.3) is 0 Å². The molecule has 0 bridgehead atoms. The van der Waals surface area contributed by atoms with Crippen LogP contribution in [-0.4, -0.2) is 21.3 Å². The zero-order valence-electron chi connectivity index (χ0n) is 12.5. The van der Waals surface area contributed by atoms with Crippen LogP contribution in [0.3, 0.4) is 0 Å². The van der Waals surface area contributed by atoms with Crippen molar-refractivity contribution in [2.24, 2.45) is 4.99 Å². The highest BCUT2D eigenvalue weighted by molar-refractivity contribution is 8.15. The molecule has 0 spiro atoms. The lowest BCUT2D eigenvalue weighted by Gasteiger charge is -2.05. The SMILES string of the molecule is Cc1ccc(CC2S/C(=N\c3cccc(C)n3)NC2=O)cc1. The van der Waals surface area contributed by atoms with Gasteiger partial charge in [-0.2, -0.15) is 0 Å². The molecule has 1 aromatic carbocycles. The molecule has 1 unspecified atom stereocenters. The van der Waals surface area contributed by atoms with Gasteiger partial charge in [0, 0.05) is 5.69 Å². The minimum absolute atomic E-state index is 0.0111. The Labute approximate surface area is 134 Å². The summed E-state index contributed by atoms with van der Waals surface area (Å²) in [6.45, 7) is 3.98. The quantitative estimate of drug-likeness (QED) is 0.947. The van der Waals surface area contributed by atoms with Crippen LogP contribution >= 0.6 is 11.8 Å². The Kier molecular flexibility index (Phi) is 4.24. The first kappa shape index (κ1) is 14.8. The zero-order valence-corrected chi connectivity index (χ0v) is 13.4. The van der Waals surface area contributed by atoms with E-state index in [1.807, 2.05) is 25.1 Å². The molecule has 2 aromatic rings. The number of aryl methyl sites for hydroxylation is 2. The first-order chi connectivity index (χ1) is 10.6. The van der Waals surface area contributed by atoms with Gasteiger partial charge in [0.05, 0.1) is 5.25 Å². The Hall–Kier alpha value is -2.14. The number of hydrogen-bond donors (Lipinski definition) is 1. The normalized spacial score (nSPS) is 19.5. The maximum Gasteiger partial charge on any atom is 0.239 e.